The number of rotatable bonds is 8. The van der Waals surface area contributed by atoms with Crippen LogP contribution in [0.1, 0.15) is 29.0 Å². The Morgan fingerprint density at radius 1 is 0.939 bits per heavy atom. The molecule has 2 amide bonds. The minimum Gasteiger partial charge on any atom is -0.459 e. The Labute approximate surface area is 192 Å². The van der Waals surface area contributed by atoms with Crippen molar-refractivity contribution < 1.29 is 22.4 Å². The summed E-state index contributed by atoms with van der Waals surface area (Å²) in [6.45, 7) is 1.05. The number of furan rings is 1. The molecule has 8 nitrogen and oxygen atoms in total. The maximum absolute atomic E-state index is 13.0. The molecule has 9 heteroatoms. The molecule has 33 heavy (non-hydrogen) atoms. The van der Waals surface area contributed by atoms with E-state index in [1.165, 1.54) is 28.8 Å². The van der Waals surface area contributed by atoms with Crippen LogP contribution < -0.4 is 10.6 Å². The Kier molecular flexibility index (Phi) is 6.90. The van der Waals surface area contributed by atoms with Crippen molar-refractivity contribution in [3.05, 3.63) is 84.3 Å². The Morgan fingerprint density at radius 2 is 1.64 bits per heavy atom. The van der Waals surface area contributed by atoms with Gasteiger partial charge in [-0.05, 0) is 54.8 Å². The van der Waals surface area contributed by atoms with Gasteiger partial charge in [-0.15, -0.1) is 0 Å². The van der Waals surface area contributed by atoms with Crippen molar-refractivity contribution in [2.75, 3.05) is 18.4 Å². The van der Waals surface area contributed by atoms with E-state index in [2.05, 4.69) is 10.6 Å². The number of carbonyl (C=O) groups excluding carboxylic acids is 2. The van der Waals surface area contributed by atoms with Crippen molar-refractivity contribution in [1.29, 1.82) is 0 Å². The molecule has 1 aliphatic heterocycles. The van der Waals surface area contributed by atoms with E-state index >= 15 is 0 Å². The van der Waals surface area contributed by atoms with Gasteiger partial charge >= 0.3 is 0 Å². The van der Waals surface area contributed by atoms with Crippen LogP contribution in [0.3, 0.4) is 0 Å². The molecule has 2 aromatic carbocycles. The molecule has 0 radical (unpaired) electrons. The number of sulfonamides is 1. The van der Waals surface area contributed by atoms with Crippen molar-refractivity contribution >= 4 is 27.5 Å². The number of amides is 2. The van der Waals surface area contributed by atoms with Crippen molar-refractivity contribution in [2.24, 2.45) is 0 Å². The zero-order valence-corrected chi connectivity index (χ0v) is 18.8. The van der Waals surface area contributed by atoms with E-state index in [0.29, 0.717) is 18.8 Å². The molecule has 1 aliphatic rings. The van der Waals surface area contributed by atoms with E-state index in [1.807, 2.05) is 30.3 Å². The van der Waals surface area contributed by atoms with Crippen LogP contribution in [0.2, 0.25) is 0 Å². The number of benzene rings is 2. The van der Waals surface area contributed by atoms with E-state index in [-0.39, 0.29) is 17.1 Å². The van der Waals surface area contributed by atoms with Gasteiger partial charge in [0.25, 0.3) is 5.91 Å². The minimum atomic E-state index is -3.53. The predicted octanol–water partition coefficient (Wildman–Crippen LogP) is 3.04. The molecule has 4 rings (SSSR count). The lowest BCUT2D eigenvalue weighted by Gasteiger charge is -2.19. The van der Waals surface area contributed by atoms with E-state index in [1.54, 1.807) is 18.2 Å². The maximum atomic E-state index is 13.0. The van der Waals surface area contributed by atoms with Crippen LogP contribution in [0, 0.1) is 0 Å². The number of carbonyl (C=O) groups is 2. The lowest BCUT2D eigenvalue weighted by Crippen LogP contribution is -2.45. The van der Waals surface area contributed by atoms with E-state index < -0.39 is 27.9 Å². The first-order valence-electron chi connectivity index (χ1n) is 10.7. The number of hydrogen-bond donors (Lipinski definition) is 2. The van der Waals surface area contributed by atoms with Crippen LogP contribution >= 0.6 is 0 Å². The van der Waals surface area contributed by atoms with Gasteiger partial charge in [0.15, 0.2) is 5.76 Å². The largest absolute Gasteiger partial charge is 0.459 e. The summed E-state index contributed by atoms with van der Waals surface area (Å²) >= 11 is 0. The highest BCUT2D eigenvalue weighted by Crippen LogP contribution is 2.22. The van der Waals surface area contributed by atoms with E-state index in [0.717, 1.165) is 18.4 Å². The van der Waals surface area contributed by atoms with Crippen molar-refractivity contribution in [2.45, 2.75) is 30.2 Å². The molecule has 0 aliphatic carbocycles. The van der Waals surface area contributed by atoms with Crippen molar-refractivity contribution in [1.82, 2.24) is 9.62 Å². The summed E-state index contributed by atoms with van der Waals surface area (Å²) < 4.78 is 32.0. The second kappa shape index (κ2) is 10.0. The SMILES string of the molecule is O=C(NC(Cc1ccccc1)C(=O)Nc1ccc(S(=O)(=O)N2CCCC2)cc1)c1ccco1. The number of nitrogens with zero attached hydrogens (tertiary/aromatic N) is 1. The molecule has 1 unspecified atom stereocenters. The van der Waals surface area contributed by atoms with Crippen LogP contribution in [0.5, 0.6) is 0 Å². The van der Waals surface area contributed by atoms with E-state index in [9.17, 15) is 18.0 Å². The molecule has 1 fully saturated rings. The van der Waals surface area contributed by atoms with Crippen molar-refractivity contribution in [3.8, 4) is 0 Å². The van der Waals surface area contributed by atoms with Crippen LogP contribution in [0.4, 0.5) is 5.69 Å². The summed E-state index contributed by atoms with van der Waals surface area (Å²) in [5, 5.41) is 5.48. The topological polar surface area (TPSA) is 109 Å². The van der Waals surface area contributed by atoms with Crippen molar-refractivity contribution in [3.63, 3.8) is 0 Å². The second-order valence-corrected chi connectivity index (χ2v) is 9.76. The smallest absolute Gasteiger partial charge is 0.287 e. The highest BCUT2D eigenvalue weighted by atomic mass is 32.2. The van der Waals surface area contributed by atoms with Gasteiger partial charge < -0.3 is 15.1 Å². The minimum absolute atomic E-state index is 0.109. The highest BCUT2D eigenvalue weighted by molar-refractivity contribution is 7.89. The van der Waals surface area contributed by atoms with E-state index in [4.69, 9.17) is 4.42 Å². The van der Waals surface area contributed by atoms with Crippen LogP contribution in [0.25, 0.3) is 0 Å². The van der Waals surface area contributed by atoms with Crippen LogP contribution in [-0.4, -0.2) is 43.7 Å². The average molecular weight is 468 g/mol. The Balaban J connectivity index is 1.48. The van der Waals surface area contributed by atoms with Gasteiger partial charge in [0.05, 0.1) is 11.2 Å². The molecule has 0 bridgehead atoms. The molecule has 0 saturated carbocycles. The van der Waals surface area contributed by atoms with Gasteiger partial charge in [0.1, 0.15) is 6.04 Å². The Morgan fingerprint density at radius 3 is 2.27 bits per heavy atom. The summed E-state index contributed by atoms with van der Waals surface area (Å²) in [6, 6.07) is 17.7. The Bertz CT molecular complexity index is 1190. The fraction of sp³-hybridized carbons (Fsp3) is 0.250. The quantitative estimate of drug-likeness (QED) is 0.529. The number of hydrogen-bond acceptors (Lipinski definition) is 5. The number of anilines is 1. The number of nitrogens with one attached hydrogen (secondary N) is 2. The summed E-state index contributed by atoms with van der Waals surface area (Å²) in [7, 11) is -3.53. The monoisotopic (exact) mass is 467 g/mol. The third-order valence-corrected chi connectivity index (χ3v) is 7.39. The average Bonchev–Trinajstić information content (AvgIpc) is 3.54. The summed E-state index contributed by atoms with van der Waals surface area (Å²) in [5.74, 6) is -0.811. The lowest BCUT2D eigenvalue weighted by atomic mass is 10.0. The molecule has 1 saturated heterocycles. The molecular weight excluding hydrogens is 442 g/mol. The first-order chi connectivity index (χ1) is 15.9. The molecular formula is C24H25N3O5S. The summed E-state index contributed by atoms with van der Waals surface area (Å²) in [5.41, 5.74) is 1.31. The van der Waals surface area contributed by atoms with Crippen LogP contribution in [0.15, 0.2) is 82.3 Å². The standard InChI is InChI=1S/C24H25N3O5S/c28-23(25-19-10-12-20(13-11-19)33(30,31)27-14-4-5-15-27)21(17-18-7-2-1-3-8-18)26-24(29)22-9-6-16-32-22/h1-3,6-13,16,21H,4-5,14-15,17H2,(H,25,28)(H,26,29). The maximum Gasteiger partial charge on any atom is 0.287 e. The first-order valence-corrected chi connectivity index (χ1v) is 12.2. The van der Waals surface area contributed by atoms with Gasteiger partial charge in [0, 0.05) is 25.2 Å². The Hall–Kier alpha value is -3.43. The van der Waals surface area contributed by atoms with Gasteiger partial charge in [-0.2, -0.15) is 4.31 Å². The highest BCUT2D eigenvalue weighted by Gasteiger charge is 2.27. The fourth-order valence-corrected chi connectivity index (χ4v) is 5.23. The zero-order chi connectivity index (χ0) is 23.3. The summed E-state index contributed by atoms with van der Waals surface area (Å²) in [6.07, 6.45) is 3.39. The summed E-state index contributed by atoms with van der Waals surface area (Å²) in [4.78, 5) is 25.7. The third kappa shape index (κ3) is 5.50. The molecule has 172 valence electrons. The lowest BCUT2D eigenvalue weighted by molar-refractivity contribution is -0.118. The zero-order valence-electron chi connectivity index (χ0n) is 17.9. The first kappa shape index (κ1) is 22.8. The molecule has 1 atom stereocenters. The molecule has 2 N–H and O–H groups in total. The molecule has 1 aromatic heterocycles. The second-order valence-electron chi connectivity index (χ2n) is 7.82. The fourth-order valence-electron chi connectivity index (χ4n) is 3.71. The molecule has 2 heterocycles. The van der Waals surface area contributed by atoms with Gasteiger partial charge in [0.2, 0.25) is 15.9 Å². The molecule has 3 aromatic rings. The van der Waals surface area contributed by atoms with Crippen LogP contribution in [-0.2, 0) is 21.2 Å². The third-order valence-electron chi connectivity index (χ3n) is 5.47. The van der Waals surface area contributed by atoms with Gasteiger partial charge in [-0.1, -0.05) is 30.3 Å². The molecule has 0 spiro atoms. The normalized spacial score (nSPS) is 15.2. The van der Waals surface area contributed by atoms with Gasteiger partial charge in [-0.25, -0.2) is 8.42 Å². The van der Waals surface area contributed by atoms with Gasteiger partial charge in [-0.3, -0.25) is 9.59 Å². The predicted molar refractivity (Wildman–Crippen MR) is 123 cm³/mol.